The lowest BCUT2D eigenvalue weighted by Gasteiger charge is -2.10. The molecular weight excluding hydrogens is 451 g/mol. The lowest BCUT2D eigenvalue weighted by Crippen LogP contribution is -2.19. The normalized spacial score (nSPS) is 15.1. The number of hydrogen-bond acceptors (Lipinski definition) is 6. The van der Waals surface area contributed by atoms with Gasteiger partial charge in [-0.1, -0.05) is 42.5 Å². The van der Waals surface area contributed by atoms with Gasteiger partial charge in [0.15, 0.2) is 0 Å². The van der Waals surface area contributed by atoms with Gasteiger partial charge in [-0.25, -0.2) is 4.39 Å². The fourth-order valence-electron chi connectivity index (χ4n) is 3.78. The van der Waals surface area contributed by atoms with Crippen LogP contribution in [0.4, 0.5) is 4.39 Å². The summed E-state index contributed by atoms with van der Waals surface area (Å²) in [6.07, 6.45) is 0. The minimum Gasteiger partial charge on any atom is -0.368 e. The van der Waals surface area contributed by atoms with Crippen LogP contribution in [-0.2, 0) is 11.5 Å². The largest absolute Gasteiger partial charge is 0.368 e. The lowest BCUT2D eigenvalue weighted by atomic mass is 10.1. The van der Waals surface area contributed by atoms with Crippen LogP contribution in [-0.4, -0.2) is 37.9 Å². The van der Waals surface area contributed by atoms with E-state index in [1.165, 1.54) is 0 Å². The summed E-state index contributed by atoms with van der Waals surface area (Å²) in [6.45, 7) is 3.47. The second-order valence-corrected chi connectivity index (χ2v) is 9.93. The van der Waals surface area contributed by atoms with E-state index >= 15 is 4.39 Å². The molecule has 33 heavy (non-hydrogen) atoms. The fourth-order valence-corrected chi connectivity index (χ4v) is 5.53. The standard InChI is InChI=1S/C26H25FN4S2/c27-24-20(16-32-22-8-4-18(5-9-22)25-28-12-13-29-25)2-1-3-21(24)17-33-23-10-6-19(7-11-23)26-30-14-15-31-26/h1-11H,12-17H2,(H,28,29)(H,30,31). The quantitative estimate of drug-likeness (QED) is 0.444. The third kappa shape index (κ3) is 5.42. The van der Waals surface area contributed by atoms with Crippen molar-refractivity contribution < 1.29 is 4.39 Å². The second-order valence-electron chi connectivity index (χ2n) is 7.83. The van der Waals surface area contributed by atoms with Crippen molar-refractivity contribution in [1.82, 2.24) is 10.6 Å². The Labute approximate surface area is 202 Å². The van der Waals surface area contributed by atoms with Crippen LogP contribution in [0.1, 0.15) is 22.3 Å². The first-order valence-corrected chi connectivity index (χ1v) is 13.0. The van der Waals surface area contributed by atoms with Crippen LogP contribution in [0.25, 0.3) is 0 Å². The van der Waals surface area contributed by atoms with E-state index in [1.54, 1.807) is 23.5 Å². The lowest BCUT2D eigenvalue weighted by molar-refractivity contribution is 0.607. The summed E-state index contributed by atoms with van der Waals surface area (Å²) in [7, 11) is 0. The Morgan fingerprint density at radius 2 is 1.12 bits per heavy atom. The Hall–Kier alpha value is -2.77. The van der Waals surface area contributed by atoms with Gasteiger partial charge in [0, 0.05) is 45.5 Å². The van der Waals surface area contributed by atoms with Crippen LogP contribution in [0, 0.1) is 5.82 Å². The summed E-state index contributed by atoms with van der Waals surface area (Å²) in [4.78, 5) is 11.1. The summed E-state index contributed by atoms with van der Waals surface area (Å²) < 4.78 is 15.1. The average molecular weight is 477 g/mol. The molecular formula is C26H25FN4S2. The molecule has 3 aromatic carbocycles. The molecule has 2 aliphatic heterocycles. The molecule has 7 heteroatoms. The Bertz CT molecular complexity index is 1080. The van der Waals surface area contributed by atoms with Gasteiger partial charge in [0.25, 0.3) is 0 Å². The molecule has 0 fully saturated rings. The molecule has 2 heterocycles. The first-order valence-electron chi connectivity index (χ1n) is 11.1. The predicted octanol–water partition coefficient (Wildman–Crippen LogP) is 5.11. The van der Waals surface area contributed by atoms with Crippen LogP contribution in [0.2, 0.25) is 0 Å². The maximum atomic E-state index is 15.1. The van der Waals surface area contributed by atoms with Crippen molar-refractivity contribution in [1.29, 1.82) is 0 Å². The minimum atomic E-state index is -0.0974. The highest BCUT2D eigenvalue weighted by atomic mass is 32.2. The summed E-state index contributed by atoms with van der Waals surface area (Å²) in [5.41, 5.74) is 3.68. The van der Waals surface area contributed by atoms with E-state index in [9.17, 15) is 0 Å². The first kappa shape index (κ1) is 22.0. The zero-order chi connectivity index (χ0) is 22.5. The Balaban J connectivity index is 1.18. The highest BCUT2D eigenvalue weighted by Crippen LogP contribution is 2.29. The van der Waals surface area contributed by atoms with Gasteiger partial charge in [0.2, 0.25) is 0 Å². The average Bonchev–Trinajstić information content (AvgIpc) is 3.58. The molecule has 0 aromatic heterocycles. The van der Waals surface area contributed by atoms with Crippen LogP contribution in [0.15, 0.2) is 86.5 Å². The second kappa shape index (κ2) is 10.4. The van der Waals surface area contributed by atoms with Gasteiger partial charge in [-0.3, -0.25) is 9.98 Å². The van der Waals surface area contributed by atoms with Crippen LogP contribution >= 0.6 is 23.5 Å². The van der Waals surface area contributed by atoms with Crippen molar-refractivity contribution in [3.05, 3.63) is 94.8 Å². The topological polar surface area (TPSA) is 48.8 Å². The van der Waals surface area contributed by atoms with E-state index in [2.05, 4.69) is 69.1 Å². The molecule has 0 amide bonds. The summed E-state index contributed by atoms with van der Waals surface area (Å²) in [5.74, 6) is 3.03. The fraction of sp³-hybridized carbons (Fsp3) is 0.231. The summed E-state index contributed by atoms with van der Waals surface area (Å²) >= 11 is 3.30. The summed E-state index contributed by atoms with van der Waals surface area (Å²) in [6, 6.07) is 22.3. The van der Waals surface area contributed by atoms with Crippen LogP contribution in [0.5, 0.6) is 0 Å². The van der Waals surface area contributed by atoms with E-state index in [-0.39, 0.29) is 5.82 Å². The first-order chi connectivity index (χ1) is 16.3. The molecule has 0 bridgehead atoms. The maximum absolute atomic E-state index is 15.1. The number of rotatable bonds is 8. The highest BCUT2D eigenvalue weighted by Gasteiger charge is 2.12. The number of nitrogens with one attached hydrogen (secondary N) is 2. The number of amidine groups is 2. The van der Waals surface area contributed by atoms with Crippen LogP contribution in [0.3, 0.4) is 0 Å². The van der Waals surface area contributed by atoms with Gasteiger partial charge in [-0.05, 0) is 35.4 Å². The van der Waals surface area contributed by atoms with E-state index in [4.69, 9.17) is 0 Å². The minimum absolute atomic E-state index is 0.0974. The Morgan fingerprint density at radius 3 is 1.52 bits per heavy atom. The van der Waals surface area contributed by atoms with Crippen molar-refractivity contribution >= 4 is 35.2 Å². The zero-order valence-electron chi connectivity index (χ0n) is 18.2. The smallest absolute Gasteiger partial charge is 0.131 e. The number of halogens is 1. The number of nitrogens with zero attached hydrogens (tertiary/aromatic N) is 2. The molecule has 4 nitrogen and oxygen atoms in total. The molecule has 0 saturated heterocycles. The van der Waals surface area contributed by atoms with Crippen molar-refractivity contribution in [2.75, 3.05) is 26.2 Å². The number of benzene rings is 3. The van der Waals surface area contributed by atoms with Gasteiger partial charge >= 0.3 is 0 Å². The maximum Gasteiger partial charge on any atom is 0.131 e. The molecule has 5 rings (SSSR count). The van der Waals surface area contributed by atoms with Gasteiger partial charge in [0.1, 0.15) is 17.5 Å². The molecule has 0 unspecified atom stereocenters. The molecule has 2 aliphatic rings. The molecule has 0 aliphatic carbocycles. The predicted molar refractivity (Wildman–Crippen MR) is 137 cm³/mol. The zero-order valence-corrected chi connectivity index (χ0v) is 19.8. The molecule has 168 valence electrons. The molecule has 0 radical (unpaired) electrons. The number of hydrogen-bond donors (Lipinski definition) is 2. The van der Waals surface area contributed by atoms with E-state index in [0.29, 0.717) is 11.5 Å². The Kier molecular flexibility index (Phi) is 6.98. The Morgan fingerprint density at radius 1 is 0.667 bits per heavy atom. The van der Waals surface area contributed by atoms with Gasteiger partial charge in [-0.15, -0.1) is 23.5 Å². The van der Waals surface area contributed by atoms with Crippen molar-refractivity contribution in [2.45, 2.75) is 21.3 Å². The monoisotopic (exact) mass is 476 g/mol. The van der Waals surface area contributed by atoms with Crippen molar-refractivity contribution in [3.63, 3.8) is 0 Å². The number of thioether (sulfide) groups is 2. The van der Waals surface area contributed by atoms with Gasteiger partial charge in [-0.2, -0.15) is 0 Å². The van der Waals surface area contributed by atoms with Crippen molar-refractivity contribution in [3.8, 4) is 0 Å². The molecule has 0 atom stereocenters. The molecule has 0 spiro atoms. The third-order valence-electron chi connectivity index (χ3n) is 5.55. The van der Waals surface area contributed by atoms with Crippen molar-refractivity contribution in [2.24, 2.45) is 9.98 Å². The van der Waals surface area contributed by atoms with E-state index < -0.39 is 0 Å². The van der Waals surface area contributed by atoms with Crippen LogP contribution < -0.4 is 10.6 Å². The highest BCUT2D eigenvalue weighted by molar-refractivity contribution is 7.98. The molecule has 0 saturated carbocycles. The SMILES string of the molecule is Fc1c(CSc2ccc(C3=NCCN3)cc2)cccc1CSc1ccc(C2=NCCN2)cc1. The molecule has 2 N–H and O–H groups in total. The van der Waals surface area contributed by atoms with E-state index in [1.807, 2.05) is 18.2 Å². The third-order valence-corrected chi connectivity index (χ3v) is 7.67. The number of aliphatic imine (C=N–C) groups is 2. The van der Waals surface area contributed by atoms with Gasteiger partial charge in [0.05, 0.1) is 13.1 Å². The summed E-state index contributed by atoms with van der Waals surface area (Å²) in [5, 5.41) is 6.57. The van der Waals surface area contributed by atoms with E-state index in [0.717, 1.165) is 69.9 Å². The van der Waals surface area contributed by atoms with Gasteiger partial charge < -0.3 is 10.6 Å². The molecule has 3 aromatic rings.